The Labute approximate surface area is 79.0 Å². The van der Waals surface area contributed by atoms with Crippen LogP contribution in [0.15, 0.2) is 0 Å². The normalized spacial score (nSPS) is 59.5. The van der Waals surface area contributed by atoms with Crippen LogP contribution in [-0.4, -0.2) is 21.9 Å². The van der Waals surface area contributed by atoms with Gasteiger partial charge >= 0.3 is 0 Å². The predicted molar refractivity (Wildman–Crippen MR) is 49.1 cm³/mol. The van der Waals surface area contributed by atoms with Gasteiger partial charge in [0.15, 0.2) is 0 Å². The zero-order valence-corrected chi connectivity index (χ0v) is 7.95. The summed E-state index contributed by atoms with van der Waals surface area (Å²) in [7, 11) is 0. The molecule has 74 valence electrons. The summed E-state index contributed by atoms with van der Waals surface area (Å²) >= 11 is 0. The van der Waals surface area contributed by atoms with Crippen molar-refractivity contribution < 1.29 is 10.2 Å². The maximum atomic E-state index is 10.5. The van der Waals surface area contributed by atoms with E-state index in [9.17, 15) is 10.2 Å². The van der Waals surface area contributed by atoms with Crippen molar-refractivity contribution in [2.24, 2.45) is 17.8 Å². The third-order valence-corrected chi connectivity index (χ3v) is 4.83. The molecule has 4 rings (SSSR count). The Bertz CT molecular complexity index is 226. The highest BCUT2D eigenvalue weighted by Gasteiger charge is 2.58. The summed E-state index contributed by atoms with van der Waals surface area (Å²) in [5, 5.41) is 20.4. The van der Waals surface area contributed by atoms with Gasteiger partial charge in [0.25, 0.3) is 0 Å². The molecule has 5 unspecified atom stereocenters. The van der Waals surface area contributed by atoms with Crippen molar-refractivity contribution in [3.8, 4) is 0 Å². The van der Waals surface area contributed by atoms with Crippen molar-refractivity contribution in [3.63, 3.8) is 0 Å². The van der Waals surface area contributed by atoms with Crippen LogP contribution in [0.25, 0.3) is 0 Å². The molecule has 4 fully saturated rings. The molecule has 5 atom stereocenters. The van der Waals surface area contributed by atoms with E-state index in [4.69, 9.17) is 0 Å². The van der Waals surface area contributed by atoms with Crippen LogP contribution in [0, 0.1) is 17.8 Å². The lowest BCUT2D eigenvalue weighted by molar-refractivity contribution is -0.171. The number of hydrogen-bond donors (Lipinski definition) is 2. The molecule has 0 spiro atoms. The average molecular weight is 182 g/mol. The summed E-state index contributed by atoms with van der Waals surface area (Å²) in [6.07, 6.45) is 6.36. The van der Waals surface area contributed by atoms with Gasteiger partial charge in [0, 0.05) is 0 Å². The summed E-state index contributed by atoms with van der Waals surface area (Å²) in [5.41, 5.74) is -0.373. The molecular formula is C11H18O2. The highest BCUT2D eigenvalue weighted by molar-refractivity contribution is 5.08. The van der Waals surface area contributed by atoms with E-state index in [0.717, 1.165) is 32.1 Å². The van der Waals surface area contributed by atoms with Gasteiger partial charge in [-0.1, -0.05) is 6.42 Å². The molecule has 4 aliphatic carbocycles. The Morgan fingerprint density at radius 2 is 2.00 bits per heavy atom. The second kappa shape index (κ2) is 2.48. The molecule has 0 heterocycles. The molecule has 0 saturated heterocycles. The van der Waals surface area contributed by atoms with Crippen LogP contribution in [0.2, 0.25) is 0 Å². The number of fused-ring (bicyclic) bond motifs is 2. The summed E-state index contributed by atoms with van der Waals surface area (Å²) in [6.45, 7) is 0. The van der Waals surface area contributed by atoms with Gasteiger partial charge < -0.3 is 10.2 Å². The fourth-order valence-electron chi connectivity index (χ4n) is 4.23. The van der Waals surface area contributed by atoms with Gasteiger partial charge in [0.1, 0.15) is 0 Å². The van der Waals surface area contributed by atoms with Crippen molar-refractivity contribution in [1.29, 1.82) is 0 Å². The van der Waals surface area contributed by atoms with Gasteiger partial charge in [-0.05, 0) is 49.9 Å². The van der Waals surface area contributed by atoms with Crippen LogP contribution in [0.1, 0.15) is 38.5 Å². The Hall–Kier alpha value is -0.0800. The summed E-state index contributed by atoms with van der Waals surface area (Å²) in [5.74, 6) is 1.24. The van der Waals surface area contributed by atoms with Crippen molar-refractivity contribution in [1.82, 2.24) is 0 Å². The first kappa shape index (κ1) is 8.25. The molecule has 2 heteroatoms. The van der Waals surface area contributed by atoms with Gasteiger partial charge in [-0.25, -0.2) is 0 Å². The van der Waals surface area contributed by atoms with Gasteiger partial charge in [0.2, 0.25) is 0 Å². The third kappa shape index (κ3) is 0.909. The van der Waals surface area contributed by atoms with E-state index in [0.29, 0.717) is 17.8 Å². The molecule has 13 heavy (non-hydrogen) atoms. The fraction of sp³-hybridized carbons (Fsp3) is 1.00. The van der Waals surface area contributed by atoms with E-state index in [2.05, 4.69) is 0 Å². The van der Waals surface area contributed by atoms with Crippen LogP contribution < -0.4 is 0 Å². The molecular weight excluding hydrogens is 164 g/mol. The van der Waals surface area contributed by atoms with E-state index < -0.39 is 0 Å². The summed E-state index contributed by atoms with van der Waals surface area (Å²) < 4.78 is 0. The van der Waals surface area contributed by atoms with Crippen molar-refractivity contribution in [2.75, 3.05) is 0 Å². The number of rotatable bonds is 0. The van der Waals surface area contributed by atoms with E-state index in [1.165, 1.54) is 6.42 Å². The number of aliphatic hydroxyl groups is 2. The lowest BCUT2D eigenvalue weighted by Crippen LogP contribution is -2.57. The first-order valence-electron chi connectivity index (χ1n) is 5.62. The highest BCUT2D eigenvalue weighted by Crippen LogP contribution is 2.57. The molecule has 2 bridgehead atoms. The Morgan fingerprint density at radius 1 is 1.15 bits per heavy atom. The van der Waals surface area contributed by atoms with Crippen LogP contribution >= 0.6 is 0 Å². The van der Waals surface area contributed by atoms with E-state index in [-0.39, 0.29) is 11.7 Å². The maximum absolute atomic E-state index is 10.5. The molecule has 0 aromatic rings. The van der Waals surface area contributed by atoms with E-state index in [1.54, 1.807) is 0 Å². The first-order chi connectivity index (χ1) is 6.22. The van der Waals surface area contributed by atoms with Gasteiger partial charge in [-0.3, -0.25) is 0 Å². The Kier molecular flexibility index (Phi) is 1.58. The smallest absolute Gasteiger partial charge is 0.0708 e. The SMILES string of the molecule is OC1CC2CCC1C1CCCC21O. The molecule has 4 saturated carbocycles. The van der Waals surface area contributed by atoms with Crippen LogP contribution in [0.5, 0.6) is 0 Å². The fourth-order valence-corrected chi connectivity index (χ4v) is 4.23. The van der Waals surface area contributed by atoms with Crippen molar-refractivity contribution in [3.05, 3.63) is 0 Å². The van der Waals surface area contributed by atoms with Crippen LogP contribution in [0.4, 0.5) is 0 Å². The van der Waals surface area contributed by atoms with Crippen LogP contribution in [-0.2, 0) is 0 Å². The van der Waals surface area contributed by atoms with Crippen molar-refractivity contribution in [2.45, 2.75) is 50.2 Å². The maximum Gasteiger partial charge on any atom is 0.0708 e. The molecule has 2 nitrogen and oxygen atoms in total. The highest BCUT2D eigenvalue weighted by atomic mass is 16.3. The zero-order chi connectivity index (χ0) is 9.05. The lowest BCUT2D eigenvalue weighted by Gasteiger charge is -2.53. The van der Waals surface area contributed by atoms with Crippen LogP contribution in [0.3, 0.4) is 0 Å². The molecule has 2 N–H and O–H groups in total. The van der Waals surface area contributed by atoms with E-state index >= 15 is 0 Å². The molecule has 0 radical (unpaired) electrons. The molecule has 0 aromatic carbocycles. The van der Waals surface area contributed by atoms with E-state index in [1.807, 2.05) is 0 Å². The zero-order valence-electron chi connectivity index (χ0n) is 7.95. The van der Waals surface area contributed by atoms with Gasteiger partial charge in [0.05, 0.1) is 11.7 Å². The molecule has 0 amide bonds. The second-order valence-corrected chi connectivity index (χ2v) is 5.23. The second-order valence-electron chi connectivity index (χ2n) is 5.23. The topological polar surface area (TPSA) is 40.5 Å². The van der Waals surface area contributed by atoms with Crippen molar-refractivity contribution >= 4 is 0 Å². The largest absolute Gasteiger partial charge is 0.393 e. The predicted octanol–water partition coefficient (Wildman–Crippen LogP) is 1.31. The summed E-state index contributed by atoms with van der Waals surface area (Å²) in [6, 6.07) is 0. The van der Waals surface area contributed by atoms with Gasteiger partial charge in [-0.2, -0.15) is 0 Å². The summed E-state index contributed by atoms with van der Waals surface area (Å²) in [4.78, 5) is 0. The number of hydrogen-bond acceptors (Lipinski definition) is 2. The minimum atomic E-state index is -0.373. The first-order valence-corrected chi connectivity index (χ1v) is 5.62. The minimum Gasteiger partial charge on any atom is -0.393 e. The minimum absolute atomic E-state index is 0.109. The lowest BCUT2D eigenvalue weighted by atomic mass is 9.56. The quantitative estimate of drug-likeness (QED) is 0.593. The third-order valence-electron chi connectivity index (χ3n) is 4.83. The number of aliphatic hydroxyl groups excluding tert-OH is 1. The van der Waals surface area contributed by atoms with Gasteiger partial charge in [-0.15, -0.1) is 0 Å². The molecule has 0 aromatic heterocycles. The Morgan fingerprint density at radius 3 is 2.77 bits per heavy atom. The monoisotopic (exact) mass is 182 g/mol. The average Bonchev–Trinajstić information content (AvgIpc) is 2.50. The molecule has 0 aliphatic heterocycles. The molecule has 4 aliphatic rings. The standard InChI is InChI=1S/C11H18O2/c12-10-6-7-3-4-8(10)9-2-1-5-11(7,9)13/h7-10,12-13H,1-6H2. The Balaban J connectivity index is 1.97.